The number of hydrogen-bond donors (Lipinski definition) is 3. The van der Waals surface area contributed by atoms with Gasteiger partial charge in [-0.05, 0) is 48.4 Å². The minimum Gasteiger partial charge on any atom is -0.388 e. The highest BCUT2D eigenvalue weighted by Gasteiger charge is 2.28. The van der Waals surface area contributed by atoms with Gasteiger partial charge in [-0.25, -0.2) is 8.42 Å². The minimum atomic E-state index is -3.87. The predicted octanol–water partition coefficient (Wildman–Crippen LogP) is 5.88. The summed E-state index contributed by atoms with van der Waals surface area (Å²) in [7, 11) is -3.87. The molecule has 2 atom stereocenters. The van der Waals surface area contributed by atoms with E-state index in [0.717, 1.165) is 11.1 Å². The van der Waals surface area contributed by atoms with Crippen LogP contribution in [0.3, 0.4) is 0 Å². The van der Waals surface area contributed by atoms with E-state index in [9.17, 15) is 18.3 Å². The van der Waals surface area contributed by atoms with Crippen LogP contribution in [0.1, 0.15) is 59.5 Å². The van der Waals surface area contributed by atoms with Crippen molar-refractivity contribution in [3.05, 3.63) is 87.9 Å². The number of aryl methyl sites for hydroxylation is 1. The number of Topliss-reactive ketones (excluding diaryl/α,β-unsaturated/α-hetero) is 1. The molecule has 0 saturated carbocycles. The summed E-state index contributed by atoms with van der Waals surface area (Å²) in [5.41, 5.74) is 4.01. The van der Waals surface area contributed by atoms with Gasteiger partial charge in [-0.15, -0.1) is 0 Å². The molecule has 0 fully saturated rings. The van der Waals surface area contributed by atoms with Crippen LogP contribution in [0, 0.1) is 12.8 Å². The van der Waals surface area contributed by atoms with E-state index >= 15 is 0 Å². The number of nitrogens with one attached hydrogen (secondary N) is 2. The number of aliphatic hydroxyl groups is 1. The summed E-state index contributed by atoms with van der Waals surface area (Å²) in [6.07, 6.45) is -0.475. The highest BCUT2D eigenvalue weighted by atomic mass is 35.5. The molecule has 0 amide bonds. The molecule has 0 aliphatic carbocycles. The van der Waals surface area contributed by atoms with E-state index in [1.54, 1.807) is 36.4 Å². The zero-order valence-corrected chi connectivity index (χ0v) is 20.7. The van der Waals surface area contributed by atoms with E-state index < -0.39 is 16.1 Å². The zero-order valence-electron chi connectivity index (χ0n) is 19.2. The van der Waals surface area contributed by atoms with Gasteiger partial charge in [0.15, 0.2) is 5.78 Å². The van der Waals surface area contributed by atoms with Gasteiger partial charge in [0, 0.05) is 34.2 Å². The number of anilines is 2. The molecule has 3 N–H and O–H groups in total. The van der Waals surface area contributed by atoms with Crippen LogP contribution < -0.4 is 10.0 Å². The van der Waals surface area contributed by atoms with Gasteiger partial charge in [-0.2, -0.15) is 0 Å². The Kier molecular flexibility index (Phi) is 6.71. The van der Waals surface area contributed by atoms with Crippen LogP contribution in [-0.2, 0) is 10.0 Å². The average molecular weight is 499 g/mol. The summed E-state index contributed by atoms with van der Waals surface area (Å²) in [4.78, 5) is 12.2. The third-order valence-corrected chi connectivity index (χ3v) is 7.81. The Bertz CT molecular complexity index is 1340. The van der Waals surface area contributed by atoms with Gasteiger partial charge < -0.3 is 10.4 Å². The molecular formula is C26H27ClN2O4S. The molecule has 1 aliphatic rings. The van der Waals surface area contributed by atoms with E-state index in [2.05, 4.69) is 10.0 Å². The standard InChI is InChI=1S/C26H27ClN2O4S/c1-15(2)26(31)18-7-5-17(6-8-18)24-14-25(30)21-13-20(10-11-23(21)28-24)34(32,33)29-19-9-4-16(3)22(27)12-19/h4-13,15,24-25,28-30H,14H2,1-3H3. The third kappa shape index (κ3) is 4.97. The van der Waals surface area contributed by atoms with E-state index in [1.165, 1.54) is 12.1 Å². The first kappa shape index (κ1) is 24.3. The van der Waals surface area contributed by atoms with Crippen LogP contribution in [0.25, 0.3) is 0 Å². The van der Waals surface area contributed by atoms with Crippen molar-refractivity contribution in [1.29, 1.82) is 0 Å². The van der Waals surface area contributed by atoms with Crippen molar-refractivity contribution in [2.24, 2.45) is 5.92 Å². The van der Waals surface area contributed by atoms with E-state index in [4.69, 9.17) is 11.6 Å². The molecule has 34 heavy (non-hydrogen) atoms. The predicted molar refractivity (Wildman–Crippen MR) is 135 cm³/mol. The first-order chi connectivity index (χ1) is 16.0. The lowest BCUT2D eigenvalue weighted by Gasteiger charge is -2.31. The van der Waals surface area contributed by atoms with Crippen molar-refractivity contribution >= 4 is 38.8 Å². The number of ketones is 1. The molecule has 3 aromatic carbocycles. The summed E-state index contributed by atoms with van der Waals surface area (Å²) in [5.74, 6) is 0.0131. The Hall–Kier alpha value is -2.87. The van der Waals surface area contributed by atoms with Gasteiger partial charge in [-0.3, -0.25) is 9.52 Å². The first-order valence-electron chi connectivity index (χ1n) is 11.1. The van der Waals surface area contributed by atoms with Crippen LogP contribution in [0.2, 0.25) is 5.02 Å². The van der Waals surface area contributed by atoms with Gasteiger partial charge in [0.2, 0.25) is 0 Å². The van der Waals surface area contributed by atoms with Crippen molar-refractivity contribution in [1.82, 2.24) is 0 Å². The highest BCUT2D eigenvalue weighted by molar-refractivity contribution is 7.92. The molecule has 0 radical (unpaired) electrons. The van der Waals surface area contributed by atoms with Crippen LogP contribution in [-0.4, -0.2) is 19.3 Å². The number of benzene rings is 3. The summed E-state index contributed by atoms with van der Waals surface area (Å²) in [5, 5.41) is 14.7. The van der Waals surface area contributed by atoms with Crippen LogP contribution in [0.5, 0.6) is 0 Å². The smallest absolute Gasteiger partial charge is 0.261 e. The number of hydrogen-bond acceptors (Lipinski definition) is 5. The molecule has 0 spiro atoms. The monoisotopic (exact) mass is 498 g/mol. The largest absolute Gasteiger partial charge is 0.388 e. The Morgan fingerprint density at radius 3 is 2.44 bits per heavy atom. The minimum absolute atomic E-state index is 0.0544. The number of halogens is 1. The number of fused-ring (bicyclic) bond motifs is 1. The quantitative estimate of drug-likeness (QED) is 0.369. The second-order valence-electron chi connectivity index (χ2n) is 8.91. The Labute approximate surface area is 205 Å². The van der Waals surface area contributed by atoms with Crippen molar-refractivity contribution in [2.75, 3.05) is 10.0 Å². The second-order valence-corrected chi connectivity index (χ2v) is 11.0. The summed E-state index contributed by atoms with van der Waals surface area (Å²) >= 11 is 6.11. The number of carbonyl (C=O) groups excluding carboxylic acids is 1. The van der Waals surface area contributed by atoms with E-state index in [0.29, 0.717) is 33.9 Å². The van der Waals surface area contributed by atoms with Gasteiger partial charge in [0.1, 0.15) is 0 Å². The van der Waals surface area contributed by atoms with Gasteiger partial charge in [-0.1, -0.05) is 55.8 Å². The van der Waals surface area contributed by atoms with E-state index in [-0.39, 0.29) is 22.6 Å². The molecule has 0 bridgehead atoms. The third-order valence-electron chi connectivity index (χ3n) is 6.03. The Balaban J connectivity index is 1.55. The summed E-state index contributed by atoms with van der Waals surface area (Å²) in [6, 6.07) is 16.8. The second kappa shape index (κ2) is 9.41. The fourth-order valence-corrected chi connectivity index (χ4v) is 5.28. The zero-order chi connectivity index (χ0) is 24.6. The fourth-order valence-electron chi connectivity index (χ4n) is 4.01. The topological polar surface area (TPSA) is 95.5 Å². The molecular weight excluding hydrogens is 472 g/mol. The fraction of sp³-hybridized carbons (Fsp3) is 0.269. The lowest BCUT2D eigenvalue weighted by molar-refractivity contribution is 0.0939. The Morgan fingerprint density at radius 1 is 1.09 bits per heavy atom. The Morgan fingerprint density at radius 2 is 1.79 bits per heavy atom. The average Bonchev–Trinajstić information content (AvgIpc) is 2.80. The normalized spacial score (nSPS) is 17.7. The number of carbonyl (C=O) groups is 1. The van der Waals surface area contributed by atoms with Crippen LogP contribution >= 0.6 is 11.6 Å². The maximum absolute atomic E-state index is 12.9. The molecule has 0 aromatic heterocycles. The molecule has 2 unspecified atom stereocenters. The first-order valence-corrected chi connectivity index (χ1v) is 12.9. The van der Waals surface area contributed by atoms with E-state index in [1.807, 2.05) is 32.9 Å². The lowest BCUT2D eigenvalue weighted by Crippen LogP contribution is -2.22. The molecule has 6 nitrogen and oxygen atoms in total. The van der Waals surface area contributed by atoms with Crippen molar-refractivity contribution < 1.29 is 18.3 Å². The van der Waals surface area contributed by atoms with Crippen molar-refractivity contribution in [2.45, 2.75) is 44.2 Å². The molecule has 3 aromatic rings. The van der Waals surface area contributed by atoms with Gasteiger partial charge in [0.05, 0.1) is 22.7 Å². The van der Waals surface area contributed by atoms with Crippen LogP contribution in [0.4, 0.5) is 11.4 Å². The van der Waals surface area contributed by atoms with Gasteiger partial charge >= 0.3 is 0 Å². The SMILES string of the molecule is Cc1ccc(NS(=O)(=O)c2ccc3c(c2)C(O)CC(c2ccc(C(=O)C(C)C)cc2)N3)cc1Cl. The number of rotatable bonds is 6. The molecule has 1 heterocycles. The summed E-state index contributed by atoms with van der Waals surface area (Å²) in [6.45, 7) is 5.57. The molecule has 4 rings (SSSR count). The lowest BCUT2D eigenvalue weighted by atomic mass is 9.90. The number of sulfonamides is 1. The van der Waals surface area contributed by atoms with Crippen molar-refractivity contribution in [3.63, 3.8) is 0 Å². The van der Waals surface area contributed by atoms with Crippen molar-refractivity contribution in [3.8, 4) is 0 Å². The maximum atomic E-state index is 12.9. The molecule has 178 valence electrons. The molecule has 0 saturated heterocycles. The highest BCUT2D eigenvalue weighted by Crippen LogP contribution is 2.40. The molecule has 1 aliphatic heterocycles. The maximum Gasteiger partial charge on any atom is 0.261 e. The number of aliphatic hydroxyl groups excluding tert-OH is 1. The van der Waals surface area contributed by atoms with Gasteiger partial charge in [0.25, 0.3) is 10.0 Å². The summed E-state index contributed by atoms with van der Waals surface area (Å²) < 4.78 is 28.4. The van der Waals surface area contributed by atoms with Crippen LogP contribution in [0.15, 0.2) is 65.6 Å². The molecule has 8 heteroatoms.